The van der Waals surface area contributed by atoms with E-state index in [9.17, 15) is 9.59 Å². The molecule has 10 nitrogen and oxygen atoms in total. The molecule has 6 rings (SSSR count). The Morgan fingerprint density at radius 3 is 1.25 bits per heavy atom. The number of H-pyrrole nitrogens is 4. The number of benzene rings is 2. The van der Waals surface area contributed by atoms with Gasteiger partial charge in [0.05, 0.1) is 11.4 Å². The van der Waals surface area contributed by atoms with E-state index in [-0.39, 0.29) is 23.0 Å². The van der Waals surface area contributed by atoms with Crippen molar-refractivity contribution in [2.24, 2.45) is 0 Å². The van der Waals surface area contributed by atoms with Gasteiger partial charge in [-0.3, -0.25) is 19.8 Å². The minimum Gasteiger partial charge on any atom is -0.309 e. The lowest BCUT2D eigenvalue weighted by atomic mass is 9.96. The van der Waals surface area contributed by atoms with Crippen LogP contribution in [-0.4, -0.2) is 40.3 Å². The highest BCUT2D eigenvalue weighted by atomic mass is 16.1. The first-order chi connectivity index (χ1) is 19.1. The normalized spacial score (nSPS) is 12.8. The van der Waals surface area contributed by atoms with Crippen LogP contribution in [-0.2, 0) is 0 Å². The SMILES string of the molecule is Cc1ccc([C@@H](C)c2[nH]nc3c(=O)[nH]c(C)nc23)cc1.Cc1ccc([C@H](C)c2[nH]nc3c(=O)[nH]c(C)nc23)cc1. The van der Waals surface area contributed by atoms with Crippen LogP contribution in [0.4, 0.5) is 0 Å². The van der Waals surface area contributed by atoms with Gasteiger partial charge in [-0.2, -0.15) is 10.2 Å². The van der Waals surface area contributed by atoms with Gasteiger partial charge in [-0.1, -0.05) is 73.5 Å². The van der Waals surface area contributed by atoms with Crippen molar-refractivity contribution in [3.8, 4) is 0 Å². The van der Waals surface area contributed by atoms with Gasteiger partial charge < -0.3 is 9.97 Å². The van der Waals surface area contributed by atoms with E-state index in [1.54, 1.807) is 13.8 Å². The second kappa shape index (κ2) is 10.7. The Kier molecular flexibility index (Phi) is 7.17. The number of fused-ring (bicyclic) bond motifs is 2. The van der Waals surface area contributed by atoms with Crippen molar-refractivity contribution < 1.29 is 0 Å². The van der Waals surface area contributed by atoms with Gasteiger partial charge in [0.2, 0.25) is 0 Å². The predicted octanol–water partition coefficient (Wildman–Crippen LogP) is 4.83. The lowest BCUT2D eigenvalue weighted by Gasteiger charge is -2.10. The van der Waals surface area contributed by atoms with Crippen LogP contribution in [0.15, 0.2) is 58.1 Å². The van der Waals surface area contributed by atoms with Crippen LogP contribution in [0.1, 0.15) is 71.0 Å². The first-order valence-electron chi connectivity index (χ1n) is 13.1. The molecule has 0 aliphatic heterocycles. The molecule has 2 aromatic carbocycles. The third-order valence-corrected chi connectivity index (χ3v) is 7.13. The molecule has 204 valence electrons. The molecule has 0 saturated carbocycles. The molecule has 4 heterocycles. The molecule has 0 radical (unpaired) electrons. The average Bonchev–Trinajstić information content (AvgIpc) is 3.54. The zero-order valence-corrected chi connectivity index (χ0v) is 23.4. The summed E-state index contributed by atoms with van der Waals surface area (Å²) in [7, 11) is 0. The Morgan fingerprint density at radius 2 is 0.900 bits per heavy atom. The summed E-state index contributed by atoms with van der Waals surface area (Å²) in [5.41, 5.74) is 8.16. The largest absolute Gasteiger partial charge is 0.309 e. The summed E-state index contributed by atoms with van der Waals surface area (Å²) in [6, 6.07) is 16.7. The quantitative estimate of drug-likeness (QED) is 0.254. The molecule has 2 atom stereocenters. The monoisotopic (exact) mass is 536 g/mol. The van der Waals surface area contributed by atoms with E-state index in [4.69, 9.17) is 0 Å². The van der Waals surface area contributed by atoms with Crippen molar-refractivity contribution in [2.75, 3.05) is 0 Å². The van der Waals surface area contributed by atoms with Gasteiger partial charge in [-0.15, -0.1) is 0 Å². The molecule has 10 heteroatoms. The molecular formula is C30H32N8O2. The lowest BCUT2D eigenvalue weighted by molar-refractivity contribution is 0.858. The molecule has 4 aromatic heterocycles. The molecule has 4 N–H and O–H groups in total. The Morgan fingerprint density at radius 1 is 0.550 bits per heavy atom. The second-order valence-electron chi connectivity index (χ2n) is 10.2. The van der Waals surface area contributed by atoms with E-state index >= 15 is 0 Å². The van der Waals surface area contributed by atoms with Gasteiger partial charge >= 0.3 is 0 Å². The van der Waals surface area contributed by atoms with Crippen molar-refractivity contribution in [2.45, 2.75) is 53.4 Å². The summed E-state index contributed by atoms with van der Waals surface area (Å²) in [5, 5.41) is 14.1. The van der Waals surface area contributed by atoms with Crippen LogP contribution in [0.25, 0.3) is 22.1 Å². The van der Waals surface area contributed by atoms with Crippen molar-refractivity contribution in [3.05, 3.63) is 115 Å². The van der Waals surface area contributed by atoms with Gasteiger partial charge in [0.15, 0.2) is 11.0 Å². The zero-order chi connectivity index (χ0) is 28.6. The molecule has 0 fully saturated rings. The van der Waals surface area contributed by atoms with Crippen LogP contribution < -0.4 is 11.1 Å². The summed E-state index contributed by atoms with van der Waals surface area (Å²) in [6.45, 7) is 11.8. The van der Waals surface area contributed by atoms with Crippen LogP contribution in [0, 0.1) is 27.7 Å². The maximum absolute atomic E-state index is 11.8. The first-order valence-corrected chi connectivity index (χ1v) is 13.1. The van der Waals surface area contributed by atoms with E-state index in [1.807, 2.05) is 0 Å². The molecule has 0 amide bonds. The van der Waals surface area contributed by atoms with Gasteiger partial charge in [-0.25, -0.2) is 9.97 Å². The fourth-order valence-electron chi connectivity index (χ4n) is 4.73. The number of hydrogen-bond donors (Lipinski definition) is 4. The Balaban J connectivity index is 0.000000161. The van der Waals surface area contributed by atoms with Crippen molar-refractivity contribution in [1.29, 1.82) is 0 Å². The summed E-state index contributed by atoms with van der Waals surface area (Å²) in [4.78, 5) is 37.8. The molecule has 0 bridgehead atoms. The molecule has 0 spiro atoms. The highest BCUT2D eigenvalue weighted by Crippen LogP contribution is 2.27. The zero-order valence-electron chi connectivity index (χ0n) is 23.4. The van der Waals surface area contributed by atoms with Gasteiger partial charge in [0, 0.05) is 11.8 Å². The molecule has 0 unspecified atom stereocenters. The standard InChI is InChI=1S/2C15H16N4O/c2*1-8-4-6-11(7-5-8)9(2)12-13-14(19-18-12)15(20)17-10(3)16-13/h2*4-7,9H,1-3H3,(H,18,19)(H,16,17,20)/t2*9-/m10/s1. The number of aryl methyl sites for hydroxylation is 4. The highest BCUT2D eigenvalue weighted by Gasteiger charge is 2.19. The fourth-order valence-corrected chi connectivity index (χ4v) is 4.73. The van der Waals surface area contributed by atoms with Gasteiger partial charge in [0.1, 0.15) is 22.7 Å². The van der Waals surface area contributed by atoms with Crippen LogP contribution >= 0.6 is 0 Å². The van der Waals surface area contributed by atoms with E-state index in [2.05, 4.69) is 117 Å². The summed E-state index contributed by atoms with van der Waals surface area (Å²) < 4.78 is 0. The molecule has 0 saturated heterocycles. The minimum atomic E-state index is -0.203. The third-order valence-electron chi connectivity index (χ3n) is 7.13. The van der Waals surface area contributed by atoms with E-state index < -0.39 is 0 Å². The van der Waals surface area contributed by atoms with Crippen LogP contribution in [0.3, 0.4) is 0 Å². The fraction of sp³-hybridized carbons (Fsp3) is 0.267. The Labute approximate surface area is 230 Å². The smallest absolute Gasteiger partial charge is 0.279 e. The number of nitrogens with one attached hydrogen (secondary N) is 4. The maximum Gasteiger partial charge on any atom is 0.279 e. The molecule has 0 aliphatic carbocycles. The maximum atomic E-state index is 11.8. The topological polar surface area (TPSA) is 149 Å². The van der Waals surface area contributed by atoms with E-state index in [0.717, 1.165) is 11.4 Å². The minimum absolute atomic E-state index is 0.106. The van der Waals surface area contributed by atoms with Crippen molar-refractivity contribution >= 4 is 22.1 Å². The molecule has 6 aromatic rings. The average molecular weight is 537 g/mol. The Hall–Kier alpha value is -4.86. The Bertz CT molecular complexity index is 1770. The summed E-state index contributed by atoms with van der Waals surface area (Å²) >= 11 is 0. The second-order valence-corrected chi connectivity index (χ2v) is 10.2. The third kappa shape index (κ3) is 5.20. The number of nitrogens with zero attached hydrogens (tertiary/aromatic N) is 4. The van der Waals surface area contributed by atoms with Crippen molar-refractivity contribution in [3.63, 3.8) is 0 Å². The van der Waals surface area contributed by atoms with Crippen molar-refractivity contribution in [1.82, 2.24) is 40.3 Å². The number of aromatic nitrogens is 8. The van der Waals surface area contributed by atoms with E-state index in [0.29, 0.717) is 33.7 Å². The molecule has 0 aliphatic rings. The molecule has 40 heavy (non-hydrogen) atoms. The number of rotatable bonds is 4. The van der Waals surface area contributed by atoms with Gasteiger partial charge in [0.25, 0.3) is 11.1 Å². The summed E-state index contributed by atoms with van der Waals surface area (Å²) in [6.07, 6.45) is 0. The van der Waals surface area contributed by atoms with E-state index in [1.165, 1.54) is 22.3 Å². The number of aromatic amines is 4. The predicted molar refractivity (Wildman–Crippen MR) is 156 cm³/mol. The lowest BCUT2D eigenvalue weighted by Crippen LogP contribution is -2.09. The van der Waals surface area contributed by atoms with Crippen LogP contribution in [0.5, 0.6) is 0 Å². The van der Waals surface area contributed by atoms with Crippen LogP contribution in [0.2, 0.25) is 0 Å². The number of hydrogen-bond acceptors (Lipinski definition) is 6. The molecular weight excluding hydrogens is 504 g/mol. The van der Waals surface area contributed by atoms with Gasteiger partial charge in [-0.05, 0) is 38.8 Å². The first kappa shape index (κ1) is 26.7. The summed E-state index contributed by atoms with van der Waals surface area (Å²) in [5.74, 6) is 1.41. The highest BCUT2D eigenvalue weighted by molar-refractivity contribution is 5.77.